The molecule has 0 fully saturated rings. The second-order valence-electron chi connectivity index (χ2n) is 6.93. The smallest absolute Gasteiger partial charge is 0.338 e. The highest BCUT2D eigenvalue weighted by atomic mass is 32.1. The van der Waals surface area contributed by atoms with Crippen molar-refractivity contribution < 1.29 is 14.3 Å². The lowest BCUT2D eigenvalue weighted by atomic mass is 10.1. The van der Waals surface area contributed by atoms with Crippen molar-refractivity contribution in [3.8, 4) is 16.9 Å². The summed E-state index contributed by atoms with van der Waals surface area (Å²) in [6, 6.07) is 14.7. The number of rotatable bonds is 7. The van der Waals surface area contributed by atoms with Crippen molar-refractivity contribution in [2.24, 2.45) is 0 Å². The van der Waals surface area contributed by atoms with Gasteiger partial charge in [0.05, 0.1) is 16.9 Å². The predicted molar refractivity (Wildman–Crippen MR) is 120 cm³/mol. The molecular weight excluding hydrogens is 428 g/mol. The van der Waals surface area contributed by atoms with Gasteiger partial charge in [-0.15, -0.1) is 16.4 Å². The van der Waals surface area contributed by atoms with Crippen LogP contribution < -0.4 is 5.32 Å². The van der Waals surface area contributed by atoms with E-state index in [0.29, 0.717) is 10.8 Å². The Morgan fingerprint density at radius 2 is 2.00 bits per heavy atom. The summed E-state index contributed by atoms with van der Waals surface area (Å²) in [7, 11) is 0. The van der Waals surface area contributed by atoms with Gasteiger partial charge in [-0.1, -0.05) is 37.3 Å². The number of hydrogen-bond acceptors (Lipinski definition) is 8. The van der Waals surface area contributed by atoms with E-state index in [-0.39, 0.29) is 5.56 Å². The number of anilines is 1. The maximum atomic E-state index is 12.5. The Bertz CT molecular complexity index is 1220. The van der Waals surface area contributed by atoms with E-state index in [2.05, 4.69) is 44.9 Å². The van der Waals surface area contributed by atoms with Crippen molar-refractivity contribution in [2.45, 2.75) is 26.4 Å². The van der Waals surface area contributed by atoms with E-state index < -0.39 is 18.0 Å². The number of esters is 1. The van der Waals surface area contributed by atoms with Gasteiger partial charge in [0.1, 0.15) is 6.33 Å². The highest BCUT2D eigenvalue weighted by molar-refractivity contribution is 7.14. The number of nitrogens with one attached hydrogen (secondary N) is 1. The lowest BCUT2D eigenvalue weighted by Gasteiger charge is -2.12. The summed E-state index contributed by atoms with van der Waals surface area (Å²) < 4.78 is 6.74. The second kappa shape index (κ2) is 9.48. The molecule has 1 atom stereocenters. The van der Waals surface area contributed by atoms with Crippen LogP contribution in [-0.2, 0) is 16.0 Å². The van der Waals surface area contributed by atoms with Crippen LogP contribution in [0.3, 0.4) is 0 Å². The first-order valence-electron chi connectivity index (χ1n) is 9.93. The van der Waals surface area contributed by atoms with Gasteiger partial charge < -0.3 is 4.74 Å². The highest BCUT2D eigenvalue weighted by Gasteiger charge is 2.20. The minimum atomic E-state index is -1.00. The molecule has 0 radical (unpaired) electrons. The van der Waals surface area contributed by atoms with Crippen LogP contribution in [0.1, 0.15) is 29.8 Å². The third-order valence-corrected chi connectivity index (χ3v) is 5.50. The summed E-state index contributed by atoms with van der Waals surface area (Å²) in [5.74, 6) is -1.09. The van der Waals surface area contributed by atoms with E-state index in [9.17, 15) is 9.59 Å². The Morgan fingerprint density at radius 1 is 1.19 bits per heavy atom. The summed E-state index contributed by atoms with van der Waals surface area (Å²) in [5.41, 5.74) is 3.88. The molecule has 1 unspecified atom stereocenters. The molecule has 0 spiro atoms. The molecule has 1 amide bonds. The number of ether oxygens (including phenoxy) is 1. The fraction of sp³-hybridized carbons (Fsp3) is 0.182. The van der Waals surface area contributed by atoms with Crippen LogP contribution in [0.25, 0.3) is 16.9 Å². The lowest BCUT2D eigenvalue weighted by molar-refractivity contribution is -0.123. The first-order valence-corrected chi connectivity index (χ1v) is 10.8. The first kappa shape index (κ1) is 21.3. The average Bonchev–Trinajstić information content (AvgIpc) is 3.52. The zero-order valence-electron chi connectivity index (χ0n) is 17.4. The Kier molecular flexibility index (Phi) is 6.31. The van der Waals surface area contributed by atoms with E-state index in [1.165, 1.54) is 34.8 Å². The fourth-order valence-corrected chi connectivity index (χ4v) is 3.64. The van der Waals surface area contributed by atoms with Gasteiger partial charge in [0.15, 0.2) is 11.2 Å². The van der Waals surface area contributed by atoms with Gasteiger partial charge in [0.25, 0.3) is 5.91 Å². The number of thiazole rings is 1. The zero-order valence-corrected chi connectivity index (χ0v) is 18.2. The molecule has 0 bridgehead atoms. The van der Waals surface area contributed by atoms with Crippen LogP contribution in [0.15, 0.2) is 60.2 Å². The van der Waals surface area contributed by atoms with Crippen LogP contribution in [0.2, 0.25) is 0 Å². The normalized spacial score (nSPS) is 11.7. The summed E-state index contributed by atoms with van der Waals surface area (Å²) in [6.45, 7) is 3.61. The standard InChI is InChI=1S/C22H20N6O3S/c1-3-15-7-9-16(10-8-15)19-12-32-22(24-19)25-20(29)14(2)31-21(30)17-5-4-6-18(11-17)28-13-23-26-27-28/h4-14H,3H2,1-2H3,(H,24,25,29). The molecule has 0 saturated carbocycles. The molecule has 4 rings (SSSR count). The molecule has 1 N–H and O–H groups in total. The largest absolute Gasteiger partial charge is 0.449 e. The number of nitrogens with zero attached hydrogens (tertiary/aromatic N) is 5. The van der Waals surface area contributed by atoms with Gasteiger partial charge >= 0.3 is 5.97 Å². The minimum absolute atomic E-state index is 0.282. The monoisotopic (exact) mass is 448 g/mol. The van der Waals surface area contributed by atoms with Crippen LogP contribution in [0.4, 0.5) is 5.13 Å². The third-order valence-electron chi connectivity index (χ3n) is 4.74. The number of carbonyl (C=O) groups excluding carboxylic acids is 2. The Hall–Kier alpha value is -3.92. The Balaban J connectivity index is 1.37. The summed E-state index contributed by atoms with van der Waals surface area (Å²) in [4.78, 5) is 29.5. The van der Waals surface area contributed by atoms with Gasteiger partial charge in [0.2, 0.25) is 0 Å². The third kappa shape index (κ3) is 4.86. The average molecular weight is 449 g/mol. The van der Waals surface area contributed by atoms with Gasteiger partial charge in [0, 0.05) is 10.9 Å². The van der Waals surface area contributed by atoms with E-state index in [4.69, 9.17) is 4.74 Å². The molecule has 0 saturated heterocycles. The molecule has 10 heteroatoms. The number of amides is 1. The molecule has 2 aromatic carbocycles. The van der Waals surface area contributed by atoms with Crippen molar-refractivity contribution in [3.63, 3.8) is 0 Å². The van der Waals surface area contributed by atoms with Gasteiger partial charge in [-0.2, -0.15) is 0 Å². The van der Waals surface area contributed by atoms with Crippen molar-refractivity contribution in [1.29, 1.82) is 0 Å². The van der Waals surface area contributed by atoms with Gasteiger partial charge in [-0.05, 0) is 47.5 Å². The summed E-state index contributed by atoms with van der Waals surface area (Å²) >= 11 is 1.31. The maximum absolute atomic E-state index is 12.5. The van der Waals surface area contributed by atoms with Crippen molar-refractivity contribution in [3.05, 3.63) is 71.4 Å². The molecule has 0 aliphatic rings. The number of benzene rings is 2. The van der Waals surface area contributed by atoms with E-state index in [0.717, 1.165) is 17.7 Å². The fourth-order valence-electron chi connectivity index (χ4n) is 2.92. The Morgan fingerprint density at radius 3 is 2.72 bits per heavy atom. The molecule has 162 valence electrons. The molecule has 0 aliphatic carbocycles. The van der Waals surface area contributed by atoms with Crippen LogP contribution in [0, 0.1) is 0 Å². The van der Waals surface area contributed by atoms with Crippen LogP contribution in [-0.4, -0.2) is 43.2 Å². The van der Waals surface area contributed by atoms with E-state index in [1.54, 1.807) is 24.3 Å². The Labute approximate surface area is 188 Å². The molecule has 2 heterocycles. The number of aromatic nitrogens is 5. The number of carbonyl (C=O) groups is 2. The van der Waals surface area contributed by atoms with Crippen molar-refractivity contribution >= 4 is 28.3 Å². The number of aryl methyl sites for hydroxylation is 1. The topological polar surface area (TPSA) is 112 Å². The number of tetrazole rings is 1. The van der Waals surface area contributed by atoms with E-state index >= 15 is 0 Å². The summed E-state index contributed by atoms with van der Waals surface area (Å²) in [5, 5.41) is 15.9. The van der Waals surface area contributed by atoms with Crippen molar-refractivity contribution in [2.75, 3.05) is 5.32 Å². The molecule has 4 aromatic rings. The molecule has 0 aliphatic heterocycles. The number of hydrogen-bond donors (Lipinski definition) is 1. The zero-order chi connectivity index (χ0) is 22.5. The summed E-state index contributed by atoms with van der Waals surface area (Å²) in [6.07, 6.45) is 1.38. The molecule has 32 heavy (non-hydrogen) atoms. The molecular formula is C22H20N6O3S. The van der Waals surface area contributed by atoms with Crippen LogP contribution in [0.5, 0.6) is 0 Å². The molecule has 2 aromatic heterocycles. The maximum Gasteiger partial charge on any atom is 0.338 e. The molecule has 9 nitrogen and oxygen atoms in total. The quantitative estimate of drug-likeness (QED) is 0.430. The van der Waals surface area contributed by atoms with Gasteiger partial charge in [-0.25, -0.2) is 14.5 Å². The predicted octanol–water partition coefficient (Wildman–Crippen LogP) is 3.53. The second-order valence-corrected chi connectivity index (χ2v) is 7.79. The van der Waals surface area contributed by atoms with Crippen molar-refractivity contribution in [1.82, 2.24) is 25.2 Å². The highest BCUT2D eigenvalue weighted by Crippen LogP contribution is 2.25. The van der Waals surface area contributed by atoms with E-state index in [1.807, 2.05) is 17.5 Å². The minimum Gasteiger partial charge on any atom is -0.449 e. The lowest BCUT2D eigenvalue weighted by Crippen LogP contribution is -2.30. The SMILES string of the molecule is CCc1ccc(-c2csc(NC(=O)C(C)OC(=O)c3cccc(-n4cnnn4)c3)n2)cc1. The van der Waals surface area contributed by atoms with Crippen LogP contribution >= 0.6 is 11.3 Å². The first-order chi connectivity index (χ1) is 15.5. The van der Waals surface area contributed by atoms with Gasteiger partial charge in [-0.3, -0.25) is 10.1 Å².